The van der Waals surface area contributed by atoms with Gasteiger partial charge in [0.05, 0.1) is 32.2 Å². The summed E-state index contributed by atoms with van der Waals surface area (Å²) in [6.45, 7) is 2.59. The zero-order chi connectivity index (χ0) is 20.5. The first-order valence-electron chi connectivity index (χ1n) is 9.17. The van der Waals surface area contributed by atoms with Crippen molar-refractivity contribution in [2.45, 2.75) is 30.2 Å². The van der Waals surface area contributed by atoms with Crippen LogP contribution in [0, 0.1) is 28.9 Å². The van der Waals surface area contributed by atoms with Crippen LogP contribution in [0.2, 0.25) is 0 Å². The Morgan fingerprint density at radius 2 is 1.89 bits per heavy atom. The third-order valence-corrected chi connectivity index (χ3v) is 7.33. The minimum absolute atomic E-state index is 0.0524. The normalized spacial score (nSPS) is 20.9. The van der Waals surface area contributed by atoms with Crippen LogP contribution in [0.4, 0.5) is 8.78 Å². The number of piperazine rings is 1. The first-order chi connectivity index (χ1) is 13.2. The summed E-state index contributed by atoms with van der Waals surface area (Å²) in [7, 11) is -4.28. The molecule has 2 N–H and O–H groups in total. The van der Waals surface area contributed by atoms with Gasteiger partial charge in [-0.15, -0.1) is 0 Å². The van der Waals surface area contributed by atoms with Gasteiger partial charge in [-0.3, -0.25) is 4.79 Å². The molecule has 1 aliphatic heterocycles. The van der Waals surface area contributed by atoms with Crippen molar-refractivity contribution in [1.82, 2.24) is 9.62 Å². The van der Waals surface area contributed by atoms with E-state index in [2.05, 4.69) is 11.4 Å². The molecule has 1 aliphatic carbocycles. The zero-order valence-electron chi connectivity index (χ0n) is 15.5. The van der Waals surface area contributed by atoms with Gasteiger partial charge in [0, 0.05) is 0 Å². The van der Waals surface area contributed by atoms with Gasteiger partial charge in [0.1, 0.15) is 17.2 Å². The van der Waals surface area contributed by atoms with Gasteiger partial charge < -0.3 is 10.2 Å². The zero-order valence-corrected chi connectivity index (χ0v) is 16.4. The second-order valence-electron chi connectivity index (χ2n) is 7.52. The molecule has 2 aliphatic rings. The maximum Gasteiger partial charge on any atom is 0.276 e. The molecule has 10 heteroatoms. The average molecular weight is 413 g/mol. The molecular formula is C18H23F2N4O3S+. The Hall–Kier alpha value is -2.09. The lowest BCUT2D eigenvalue weighted by Crippen LogP contribution is -3.16. The number of nitrogens with zero attached hydrogens (tertiary/aromatic N) is 2. The summed E-state index contributed by atoms with van der Waals surface area (Å²) in [4.78, 5) is 12.2. The number of nitriles is 1. The molecule has 0 radical (unpaired) electrons. The molecule has 0 spiro atoms. The molecule has 1 saturated carbocycles. The SMILES string of the molecule is C[C@](C#N)(NC(=O)C[NH+]1CCN(S(=O)(=O)c2c(F)cccc2F)CC1)C1CC1. The lowest BCUT2D eigenvalue weighted by Gasteiger charge is -2.32. The molecule has 3 rings (SSSR count). The van der Waals surface area contributed by atoms with Crippen LogP contribution in [-0.4, -0.2) is 56.9 Å². The van der Waals surface area contributed by atoms with Crippen LogP contribution in [-0.2, 0) is 14.8 Å². The van der Waals surface area contributed by atoms with Gasteiger partial charge >= 0.3 is 0 Å². The summed E-state index contributed by atoms with van der Waals surface area (Å²) >= 11 is 0. The summed E-state index contributed by atoms with van der Waals surface area (Å²) in [6, 6.07) is 5.10. The number of hydrogen-bond donors (Lipinski definition) is 2. The van der Waals surface area contributed by atoms with Crippen molar-refractivity contribution in [2.24, 2.45) is 5.92 Å². The molecule has 152 valence electrons. The number of rotatable bonds is 6. The van der Waals surface area contributed by atoms with Gasteiger partial charge in [0.25, 0.3) is 5.91 Å². The molecule has 1 saturated heterocycles. The fraction of sp³-hybridized carbons (Fsp3) is 0.556. The number of nitrogens with one attached hydrogen (secondary N) is 2. The number of amides is 1. The van der Waals surface area contributed by atoms with E-state index in [4.69, 9.17) is 0 Å². The topological polar surface area (TPSA) is 94.7 Å². The molecule has 7 nitrogen and oxygen atoms in total. The van der Waals surface area contributed by atoms with Gasteiger partial charge in [0.15, 0.2) is 11.4 Å². The number of carbonyl (C=O) groups is 1. The number of carbonyl (C=O) groups excluding carboxylic acids is 1. The van der Waals surface area contributed by atoms with E-state index in [0.717, 1.165) is 40.2 Å². The first kappa shape index (κ1) is 20.6. The monoisotopic (exact) mass is 413 g/mol. The van der Waals surface area contributed by atoms with Crippen molar-refractivity contribution in [3.8, 4) is 6.07 Å². The van der Waals surface area contributed by atoms with Crippen molar-refractivity contribution < 1.29 is 26.9 Å². The van der Waals surface area contributed by atoms with Gasteiger partial charge in [0.2, 0.25) is 10.0 Å². The Kier molecular flexibility index (Phi) is 5.70. The van der Waals surface area contributed by atoms with E-state index in [1.165, 1.54) is 0 Å². The maximum absolute atomic E-state index is 13.9. The van der Waals surface area contributed by atoms with Gasteiger partial charge in [-0.05, 0) is 37.8 Å². The predicted octanol–water partition coefficient (Wildman–Crippen LogP) is -0.338. The largest absolute Gasteiger partial charge is 0.333 e. The van der Waals surface area contributed by atoms with Crippen molar-refractivity contribution in [2.75, 3.05) is 32.7 Å². The van der Waals surface area contributed by atoms with Gasteiger partial charge in [-0.1, -0.05) is 6.07 Å². The highest BCUT2D eigenvalue weighted by atomic mass is 32.2. The number of quaternary nitrogens is 1. The molecule has 0 aromatic heterocycles. The Morgan fingerprint density at radius 1 is 1.32 bits per heavy atom. The van der Waals surface area contributed by atoms with Crippen LogP contribution in [0.1, 0.15) is 19.8 Å². The fourth-order valence-corrected chi connectivity index (χ4v) is 5.07. The third kappa shape index (κ3) is 4.16. The summed E-state index contributed by atoms with van der Waals surface area (Å²) < 4.78 is 54.0. The fourth-order valence-electron chi connectivity index (χ4n) is 3.52. The Labute approximate surface area is 163 Å². The Balaban J connectivity index is 1.59. The molecule has 1 amide bonds. The van der Waals surface area contributed by atoms with Crippen LogP contribution >= 0.6 is 0 Å². The summed E-state index contributed by atoms with van der Waals surface area (Å²) in [6.07, 6.45) is 1.83. The number of halogens is 2. The standard InChI is InChI=1S/C18H22F2N4O3S/c1-18(12-21,13-5-6-13)22-16(25)11-23-7-9-24(10-8-23)28(26,27)17-14(19)3-2-4-15(17)20/h2-4,13H,5-11H2,1H3,(H,22,25)/p+1/t18-/m1/s1. The smallest absolute Gasteiger partial charge is 0.276 e. The Morgan fingerprint density at radius 3 is 2.39 bits per heavy atom. The van der Waals surface area contributed by atoms with E-state index < -0.39 is 32.1 Å². The highest BCUT2D eigenvalue weighted by Gasteiger charge is 2.43. The number of sulfonamides is 1. The summed E-state index contributed by atoms with van der Waals surface area (Å²) in [5.74, 6) is -2.33. The average Bonchev–Trinajstić information content (AvgIpc) is 3.47. The quantitative estimate of drug-likeness (QED) is 0.667. The third-order valence-electron chi connectivity index (χ3n) is 5.38. The molecule has 0 bridgehead atoms. The van der Waals surface area contributed by atoms with E-state index in [-0.39, 0.29) is 31.5 Å². The molecule has 1 heterocycles. The van der Waals surface area contributed by atoms with Crippen molar-refractivity contribution >= 4 is 15.9 Å². The second-order valence-corrected chi connectivity index (χ2v) is 9.39. The van der Waals surface area contributed by atoms with E-state index in [1.807, 2.05) is 0 Å². The van der Waals surface area contributed by atoms with Crippen molar-refractivity contribution in [1.29, 1.82) is 5.26 Å². The first-order valence-corrected chi connectivity index (χ1v) is 10.6. The summed E-state index contributed by atoms with van der Waals surface area (Å²) in [5, 5.41) is 12.1. The van der Waals surface area contributed by atoms with Crippen molar-refractivity contribution in [3.05, 3.63) is 29.8 Å². The second kappa shape index (κ2) is 7.73. The van der Waals surface area contributed by atoms with E-state index in [9.17, 15) is 27.3 Å². The van der Waals surface area contributed by atoms with Crippen molar-refractivity contribution in [3.63, 3.8) is 0 Å². The number of benzene rings is 1. The molecule has 1 aromatic carbocycles. The molecule has 0 unspecified atom stereocenters. The van der Waals surface area contributed by atoms with Gasteiger partial charge in [-0.25, -0.2) is 17.2 Å². The van der Waals surface area contributed by atoms with E-state index in [1.54, 1.807) is 6.92 Å². The van der Waals surface area contributed by atoms with Crippen LogP contribution in [0.5, 0.6) is 0 Å². The van der Waals surface area contributed by atoms with Crippen LogP contribution in [0.3, 0.4) is 0 Å². The van der Waals surface area contributed by atoms with Crippen LogP contribution in [0.15, 0.2) is 23.1 Å². The molecule has 1 aromatic rings. The van der Waals surface area contributed by atoms with Gasteiger partial charge in [-0.2, -0.15) is 9.57 Å². The maximum atomic E-state index is 13.9. The highest BCUT2D eigenvalue weighted by Crippen LogP contribution is 2.39. The minimum Gasteiger partial charge on any atom is -0.333 e. The highest BCUT2D eigenvalue weighted by molar-refractivity contribution is 7.89. The molecule has 1 atom stereocenters. The molecule has 2 fully saturated rings. The van der Waals surface area contributed by atoms with E-state index >= 15 is 0 Å². The minimum atomic E-state index is -4.28. The number of hydrogen-bond acceptors (Lipinski definition) is 4. The van der Waals surface area contributed by atoms with Crippen LogP contribution in [0.25, 0.3) is 0 Å². The predicted molar refractivity (Wildman–Crippen MR) is 95.6 cm³/mol. The lowest BCUT2D eigenvalue weighted by molar-refractivity contribution is -0.895. The molecule has 28 heavy (non-hydrogen) atoms. The Bertz CT molecular complexity index is 886. The van der Waals surface area contributed by atoms with Crippen LogP contribution < -0.4 is 10.2 Å². The summed E-state index contributed by atoms with van der Waals surface area (Å²) in [5.41, 5.74) is -0.871. The lowest BCUT2D eigenvalue weighted by atomic mass is 9.98. The van der Waals surface area contributed by atoms with E-state index in [0.29, 0.717) is 13.1 Å². The molecular weight excluding hydrogens is 390 g/mol.